The van der Waals surface area contributed by atoms with Crippen LogP contribution in [0.5, 0.6) is 5.75 Å². The Bertz CT molecular complexity index is 783. The maximum atomic E-state index is 13.1. The number of phenolic OH excluding ortho intramolecular Hbond substituents is 1. The molecule has 2 aliphatic heterocycles. The molecule has 0 spiro atoms. The maximum Gasteiger partial charge on any atom is 0.227 e. The summed E-state index contributed by atoms with van der Waals surface area (Å²) in [5.41, 5.74) is 3.54. The van der Waals surface area contributed by atoms with Gasteiger partial charge < -0.3 is 14.9 Å². The van der Waals surface area contributed by atoms with E-state index in [0.29, 0.717) is 6.42 Å². The predicted octanol–water partition coefficient (Wildman–Crippen LogP) is 3.16. The molecule has 2 aromatic rings. The first-order valence-electron chi connectivity index (χ1n) is 9.58. The number of phenols is 1. The molecule has 4 heteroatoms. The van der Waals surface area contributed by atoms with Crippen molar-refractivity contribution in [2.45, 2.75) is 31.7 Å². The number of carbonyl (C=O) groups excluding carboxylic acids is 1. The van der Waals surface area contributed by atoms with Crippen molar-refractivity contribution < 1.29 is 9.90 Å². The second kappa shape index (κ2) is 7.50. The standard InChI is InChI=1S/C22H26N2O2/c25-19-8-5-6-17(14-19)15-22(26)24-13-10-18-7-1-2-9-20(18)21(24)16-23-11-3-4-12-23/h1-2,5-9,14,21,25H,3-4,10-13,15-16H2. The average molecular weight is 350 g/mol. The van der Waals surface area contributed by atoms with E-state index in [-0.39, 0.29) is 17.7 Å². The van der Waals surface area contributed by atoms with E-state index in [1.54, 1.807) is 18.2 Å². The van der Waals surface area contributed by atoms with Gasteiger partial charge in [0.2, 0.25) is 5.91 Å². The van der Waals surface area contributed by atoms with Crippen LogP contribution in [-0.2, 0) is 17.6 Å². The fraction of sp³-hybridized carbons (Fsp3) is 0.409. The summed E-state index contributed by atoms with van der Waals surface area (Å²) in [6, 6.07) is 15.7. The molecule has 0 aromatic heterocycles. The molecule has 26 heavy (non-hydrogen) atoms. The lowest BCUT2D eigenvalue weighted by Crippen LogP contribution is -2.45. The third kappa shape index (κ3) is 3.61. The molecule has 2 aromatic carbocycles. The number of carbonyl (C=O) groups is 1. The average Bonchev–Trinajstić information content (AvgIpc) is 3.15. The highest BCUT2D eigenvalue weighted by Gasteiger charge is 2.32. The van der Waals surface area contributed by atoms with Gasteiger partial charge in [-0.15, -0.1) is 0 Å². The van der Waals surface area contributed by atoms with E-state index in [4.69, 9.17) is 0 Å². The first kappa shape index (κ1) is 17.1. The van der Waals surface area contributed by atoms with E-state index >= 15 is 0 Å². The molecule has 0 radical (unpaired) electrons. The normalized spacial score (nSPS) is 20.2. The second-order valence-corrected chi connectivity index (χ2v) is 7.41. The van der Waals surface area contributed by atoms with Gasteiger partial charge in [-0.2, -0.15) is 0 Å². The van der Waals surface area contributed by atoms with Crippen molar-refractivity contribution in [3.63, 3.8) is 0 Å². The fourth-order valence-corrected chi connectivity index (χ4v) is 4.30. The molecule has 1 fully saturated rings. The number of rotatable bonds is 4. The molecule has 2 heterocycles. The van der Waals surface area contributed by atoms with Crippen LogP contribution in [0.1, 0.15) is 35.6 Å². The minimum absolute atomic E-state index is 0.128. The largest absolute Gasteiger partial charge is 0.508 e. The topological polar surface area (TPSA) is 43.8 Å². The summed E-state index contributed by atoms with van der Waals surface area (Å²) in [6.07, 6.45) is 3.77. The fourth-order valence-electron chi connectivity index (χ4n) is 4.30. The minimum Gasteiger partial charge on any atom is -0.508 e. The van der Waals surface area contributed by atoms with E-state index in [1.807, 2.05) is 6.07 Å². The molecular formula is C22H26N2O2. The van der Waals surface area contributed by atoms with E-state index < -0.39 is 0 Å². The van der Waals surface area contributed by atoms with Crippen LogP contribution in [0, 0.1) is 0 Å². The second-order valence-electron chi connectivity index (χ2n) is 7.41. The number of amides is 1. The summed E-state index contributed by atoms with van der Waals surface area (Å²) in [6.45, 7) is 3.95. The van der Waals surface area contributed by atoms with Crippen molar-refractivity contribution in [1.29, 1.82) is 0 Å². The van der Waals surface area contributed by atoms with Gasteiger partial charge in [0.1, 0.15) is 5.75 Å². The van der Waals surface area contributed by atoms with E-state index in [1.165, 1.54) is 24.0 Å². The molecule has 4 nitrogen and oxygen atoms in total. The Hall–Kier alpha value is -2.33. The quantitative estimate of drug-likeness (QED) is 0.921. The molecule has 4 rings (SSSR count). The number of likely N-dealkylation sites (tertiary alicyclic amines) is 1. The zero-order chi connectivity index (χ0) is 17.9. The number of nitrogens with zero attached hydrogens (tertiary/aromatic N) is 2. The van der Waals surface area contributed by atoms with Crippen molar-refractivity contribution in [3.05, 3.63) is 65.2 Å². The lowest BCUT2D eigenvalue weighted by Gasteiger charge is -2.39. The molecule has 2 aliphatic rings. The smallest absolute Gasteiger partial charge is 0.227 e. The molecule has 0 saturated carbocycles. The summed E-state index contributed by atoms with van der Waals surface area (Å²) in [7, 11) is 0. The van der Waals surface area contributed by atoms with Crippen LogP contribution in [0.2, 0.25) is 0 Å². The number of fused-ring (bicyclic) bond motifs is 1. The third-order valence-electron chi connectivity index (χ3n) is 5.63. The predicted molar refractivity (Wildman–Crippen MR) is 102 cm³/mol. The molecule has 1 atom stereocenters. The number of hydrogen-bond acceptors (Lipinski definition) is 3. The van der Waals surface area contributed by atoms with Gasteiger partial charge in [-0.05, 0) is 61.2 Å². The highest BCUT2D eigenvalue weighted by Crippen LogP contribution is 2.32. The van der Waals surface area contributed by atoms with Crippen molar-refractivity contribution >= 4 is 5.91 Å². The van der Waals surface area contributed by atoms with Gasteiger partial charge >= 0.3 is 0 Å². The van der Waals surface area contributed by atoms with Gasteiger partial charge in [-0.1, -0.05) is 36.4 Å². The first-order valence-corrected chi connectivity index (χ1v) is 9.58. The molecule has 136 valence electrons. The zero-order valence-electron chi connectivity index (χ0n) is 15.1. The highest BCUT2D eigenvalue weighted by atomic mass is 16.3. The minimum atomic E-state index is 0.128. The summed E-state index contributed by atoms with van der Waals surface area (Å²) in [5, 5.41) is 9.68. The van der Waals surface area contributed by atoms with Gasteiger partial charge in [0, 0.05) is 13.1 Å². The molecular weight excluding hydrogens is 324 g/mol. The first-order chi connectivity index (χ1) is 12.7. The zero-order valence-corrected chi connectivity index (χ0v) is 15.1. The summed E-state index contributed by atoms with van der Waals surface area (Å²) in [5.74, 6) is 0.363. The van der Waals surface area contributed by atoms with Crippen LogP contribution in [0.4, 0.5) is 0 Å². The molecule has 1 unspecified atom stereocenters. The highest BCUT2D eigenvalue weighted by molar-refractivity contribution is 5.79. The van der Waals surface area contributed by atoms with Crippen LogP contribution in [-0.4, -0.2) is 47.0 Å². The van der Waals surface area contributed by atoms with Gasteiger partial charge in [-0.25, -0.2) is 0 Å². The van der Waals surface area contributed by atoms with Gasteiger partial charge in [0.25, 0.3) is 0 Å². The summed E-state index contributed by atoms with van der Waals surface area (Å²) < 4.78 is 0. The Morgan fingerprint density at radius 2 is 1.85 bits per heavy atom. The lowest BCUT2D eigenvalue weighted by molar-refractivity contribution is -0.133. The summed E-state index contributed by atoms with van der Waals surface area (Å²) in [4.78, 5) is 17.6. The van der Waals surface area contributed by atoms with Crippen LogP contribution < -0.4 is 0 Å². The number of hydrogen-bond donors (Lipinski definition) is 1. The molecule has 0 bridgehead atoms. The van der Waals surface area contributed by atoms with Crippen molar-refractivity contribution in [2.75, 3.05) is 26.2 Å². The summed E-state index contributed by atoms with van der Waals surface area (Å²) >= 11 is 0. The molecule has 1 N–H and O–H groups in total. The Balaban J connectivity index is 1.57. The Kier molecular flexibility index (Phi) is 4.93. The van der Waals surface area contributed by atoms with Gasteiger partial charge in [0.05, 0.1) is 12.5 Å². The molecule has 1 amide bonds. The van der Waals surface area contributed by atoms with Crippen LogP contribution in [0.15, 0.2) is 48.5 Å². The molecule has 0 aliphatic carbocycles. The Morgan fingerprint density at radius 1 is 1.04 bits per heavy atom. The molecule has 1 saturated heterocycles. The van der Waals surface area contributed by atoms with Gasteiger partial charge in [0.15, 0.2) is 0 Å². The monoisotopic (exact) mass is 350 g/mol. The van der Waals surface area contributed by atoms with Gasteiger partial charge in [-0.3, -0.25) is 4.79 Å². The van der Waals surface area contributed by atoms with E-state index in [0.717, 1.165) is 38.2 Å². The van der Waals surface area contributed by atoms with Crippen molar-refractivity contribution in [3.8, 4) is 5.75 Å². The third-order valence-corrected chi connectivity index (χ3v) is 5.63. The van der Waals surface area contributed by atoms with Crippen LogP contribution in [0.3, 0.4) is 0 Å². The van der Waals surface area contributed by atoms with Crippen molar-refractivity contribution in [2.24, 2.45) is 0 Å². The number of aromatic hydroxyl groups is 1. The van der Waals surface area contributed by atoms with Crippen LogP contribution >= 0.6 is 0 Å². The van der Waals surface area contributed by atoms with Crippen LogP contribution in [0.25, 0.3) is 0 Å². The Labute approximate surface area is 155 Å². The lowest BCUT2D eigenvalue weighted by atomic mass is 9.91. The Morgan fingerprint density at radius 3 is 2.65 bits per heavy atom. The van der Waals surface area contributed by atoms with Crippen molar-refractivity contribution in [1.82, 2.24) is 9.80 Å². The van der Waals surface area contributed by atoms with E-state index in [9.17, 15) is 9.90 Å². The van der Waals surface area contributed by atoms with E-state index in [2.05, 4.69) is 34.1 Å². The SMILES string of the molecule is O=C(Cc1cccc(O)c1)N1CCc2ccccc2C1CN1CCCC1. The maximum absolute atomic E-state index is 13.1. The number of benzene rings is 2.